The highest BCUT2D eigenvalue weighted by molar-refractivity contribution is 6.33. The molecule has 1 aromatic carbocycles. The number of nitrogens with two attached hydrogens (primary N) is 1. The Balaban J connectivity index is 1.56. The lowest BCUT2D eigenvalue weighted by Gasteiger charge is -2.31. The van der Waals surface area contributed by atoms with E-state index in [4.69, 9.17) is 22.1 Å². The zero-order valence-electron chi connectivity index (χ0n) is 18.1. The summed E-state index contributed by atoms with van der Waals surface area (Å²) in [6, 6.07) is 6.40. The van der Waals surface area contributed by atoms with Gasteiger partial charge in [-0.15, -0.1) is 10.2 Å². The molecular formula is C23H27ClFN5O2. The molecule has 7 nitrogen and oxygen atoms in total. The van der Waals surface area contributed by atoms with Gasteiger partial charge in [-0.3, -0.25) is 4.68 Å². The van der Waals surface area contributed by atoms with Crippen LogP contribution in [0, 0.1) is 0 Å². The quantitative estimate of drug-likeness (QED) is 0.538. The molecule has 3 aromatic rings. The minimum Gasteiger partial charge on any atom is -0.507 e. The van der Waals surface area contributed by atoms with Crippen molar-refractivity contribution >= 4 is 11.6 Å². The molecule has 2 heterocycles. The maximum absolute atomic E-state index is 15.4. The van der Waals surface area contributed by atoms with Crippen molar-refractivity contribution in [2.24, 2.45) is 12.8 Å². The number of phenols is 1. The standard InChI is InChI=1S/C23H27ClFN5O2/c1-3-23(25)8-4-5-15(26)9-21(23)32-22-7-6-19(28-29-22)17-10-18(24)16(11-20(17)31)14-12-27-30(2)13-14/h6-7,10-13,15,21,31H,3-5,8-9,26H2,1-2H3/t15?,21-,23-/m0/s1. The van der Waals surface area contributed by atoms with E-state index in [1.807, 2.05) is 13.1 Å². The minimum absolute atomic E-state index is 0.0136. The molecule has 170 valence electrons. The van der Waals surface area contributed by atoms with Crippen molar-refractivity contribution < 1.29 is 14.2 Å². The average molecular weight is 460 g/mol. The molecule has 0 amide bonds. The Morgan fingerprint density at radius 2 is 2.12 bits per heavy atom. The summed E-state index contributed by atoms with van der Waals surface area (Å²) < 4.78 is 23.0. The number of aromatic hydroxyl groups is 1. The summed E-state index contributed by atoms with van der Waals surface area (Å²) in [4.78, 5) is 0. The predicted octanol–water partition coefficient (Wildman–Crippen LogP) is 4.67. The molecule has 3 N–H and O–H groups in total. The fourth-order valence-corrected chi connectivity index (χ4v) is 4.47. The lowest BCUT2D eigenvalue weighted by Crippen LogP contribution is -2.43. The molecule has 32 heavy (non-hydrogen) atoms. The van der Waals surface area contributed by atoms with Gasteiger partial charge in [0, 0.05) is 53.5 Å². The summed E-state index contributed by atoms with van der Waals surface area (Å²) in [5.74, 6) is 0.237. The van der Waals surface area contributed by atoms with E-state index >= 15 is 4.39 Å². The van der Waals surface area contributed by atoms with Gasteiger partial charge >= 0.3 is 0 Å². The third kappa shape index (κ3) is 4.56. The van der Waals surface area contributed by atoms with E-state index < -0.39 is 11.8 Å². The highest BCUT2D eigenvalue weighted by Gasteiger charge is 2.42. The number of hydrogen-bond acceptors (Lipinski definition) is 6. The summed E-state index contributed by atoms with van der Waals surface area (Å²) in [7, 11) is 1.81. The first-order valence-corrected chi connectivity index (χ1v) is 11.1. The second kappa shape index (κ2) is 9.03. The second-order valence-corrected chi connectivity index (χ2v) is 8.80. The van der Waals surface area contributed by atoms with Gasteiger partial charge in [-0.25, -0.2) is 4.39 Å². The van der Waals surface area contributed by atoms with Crippen molar-refractivity contribution in [1.29, 1.82) is 0 Å². The maximum Gasteiger partial charge on any atom is 0.233 e. The summed E-state index contributed by atoms with van der Waals surface area (Å²) in [5.41, 5.74) is 6.99. The Morgan fingerprint density at radius 3 is 2.78 bits per heavy atom. The van der Waals surface area contributed by atoms with Crippen LogP contribution in [0.15, 0.2) is 36.7 Å². The molecule has 1 aliphatic carbocycles. The minimum atomic E-state index is -1.44. The lowest BCUT2D eigenvalue weighted by atomic mass is 9.90. The molecule has 4 rings (SSSR count). The first-order chi connectivity index (χ1) is 15.3. The second-order valence-electron chi connectivity index (χ2n) is 8.39. The Hall–Kier alpha value is -2.71. The Kier molecular flexibility index (Phi) is 6.35. The third-order valence-corrected chi connectivity index (χ3v) is 6.44. The average Bonchev–Trinajstić information content (AvgIpc) is 3.15. The summed E-state index contributed by atoms with van der Waals surface area (Å²) in [5, 5.41) is 23.5. The zero-order chi connectivity index (χ0) is 22.9. The molecule has 9 heteroatoms. The summed E-state index contributed by atoms with van der Waals surface area (Å²) >= 11 is 6.46. The molecule has 1 aliphatic rings. The topological polar surface area (TPSA) is 99.1 Å². The van der Waals surface area contributed by atoms with Crippen LogP contribution >= 0.6 is 11.6 Å². The number of benzene rings is 1. The summed E-state index contributed by atoms with van der Waals surface area (Å²) in [6.07, 6.45) is 5.54. The first-order valence-electron chi connectivity index (χ1n) is 10.8. The zero-order valence-corrected chi connectivity index (χ0v) is 18.9. The van der Waals surface area contributed by atoms with E-state index in [-0.39, 0.29) is 17.7 Å². The van der Waals surface area contributed by atoms with Gasteiger partial charge in [0.05, 0.1) is 11.9 Å². The molecule has 0 bridgehead atoms. The van der Waals surface area contributed by atoms with Crippen LogP contribution in [-0.2, 0) is 7.05 Å². The monoisotopic (exact) mass is 459 g/mol. The number of phenolic OH excluding ortho intramolecular Hbond substituents is 1. The van der Waals surface area contributed by atoms with Crippen molar-refractivity contribution in [3.8, 4) is 34.0 Å². The van der Waals surface area contributed by atoms with Gasteiger partial charge in [0.25, 0.3) is 0 Å². The van der Waals surface area contributed by atoms with Crippen LogP contribution in [0.3, 0.4) is 0 Å². The summed E-state index contributed by atoms with van der Waals surface area (Å²) in [6.45, 7) is 1.82. The highest BCUT2D eigenvalue weighted by atomic mass is 35.5. The van der Waals surface area contributed by atoms with E-state index in [2.05, 4.69) is 15.3 Å². The fraction of sp³-hybridized carbons (Fsp3) is 0.435. The van der Waals surface area contributed by atoms with Gasteiger partial charge < -0.3 is 15.6 Å². The number of hydrogen-bond donors (Lipinski definition) is 2. The van der Waals surface area contributed by atoms with Gasteiger partial charge in [0.2, 0.25) is 5.88 Å². The molecule has 1 saturated carbocycles. The van der Waals surface area contributed by atoms with Crippen molar-refractivity contribution in [1.82, 2.24) is 20.0 Å². The van der Waals surface area contributed by atoms with Crippen molar-refractivity contribution in [2.75, 3.05) is 0 Å². The number of alkyl halides is 1. The Morgan fingerprint density at radius 1 is 1.31 bits per heavy atom. The smallest absolute Gasteiger partial charge is 0.233 e. The first kappa shape index (κ1) is 22.5. The number of halogens is 2. The molecule has 1 fully saturated rings. The fourth-order valence-electron chi connectivity index (χ4n) is 4.20. The molecule has 2 aromatic heterocycles. The van der Waals surface area contributed by atoms with Gasteiger partial charge in [-0.05, 0) is 43.9 Å². The van der Waals surface area contributed by atoms with Crippen molar-refractivity contribution in [3.05, 3.63) is 41.7 Å². The van der Waals surface area contributed by atoms with Crippen LogP contribution in [0.1, 0.15) is 39.0 Å². The molecule has 0 radical (unpaired) electrons. The SMILES string of the molecule is CC[C@]1(F)CCCC(N)C[C@@H]1Oc1ccc(-c2cc(Cl)c(-c3cnn(C)c3)cc2O)nn1. The molecule has 0 aliphatic heterocycles. The van der Waals surface area contributed by atoms with Crippen LogP contribution in [0.25, 0.3) is 22.4 Å². The molecule has 1 unspecified atom stereocenters. The Labute approximate surface area is 191 Å². The van der Waals surface area contributed by atoms with Gasteiger partial charge in [-0.1, -0.05) is 18.5 Å². The van der Waals surface area contributed by atoms with Gasteiger partial charge in [0.1, 0.15) is 17.5 Å². The van der Waals surface area contributed by atoms with Crippen LogP contribution in [0.5, 0.6) is 11.6 Å². The highest BCUT2D eigenvalue weighted by Crippen LogP contribution is 2.39. The van der Waals surface area contributed by atoms with Crippen molar-refractivity contribution in [3.63, 3.8) is 0 Å². The Bertz CT molecular complexity index is 1090. The third-order valence-electron chi connectivity index (χ3n) is 6.13. The van der Waals surface area contributed by atoms with E-state index in [0.717, 1.165) is 18.4 Å². The van der Waals surface area contributed by atoms with Crippen LogP contribution in [0.4, 0.5) is 4.39 Å². The number of aromatic nitrogens is 4. The number of aryl methyl sites for hydroxylation is 1. The number of ether oxygens (including phenoxy) is 1. The normalized spacial score (nSPS) is 23.7. The van der Waals surface area contributed by atoms with Crippen LogP contribution in [0.2, 0.25) is 5.02 Å². The number of nitrogens with zero attached hydrogens (tertiary/aromatic N) is 4. The van der Waals surface area contributed by atoms with E-state index in [9.17, 15) is 5.11 Å². The largest absolute Gasteiger partial charge is 0.507 e. The number of rotatable bonds is 5. The predicted molar refractivity (Wildman–Crippen MR) is 121 cm³/mol. The van der Waals surface area contributed by atoms with Gasteiger partial charge in [-0.2, -0.15) is 5.10 Å². The van der Waals surface area contributed by atoms with E-state index in [0.29, 0.717) is 41.1 Å². The van der Waals surface area contributed by atoms with Crippen LogP contribution in [-0.4, -0.2) is 42.9 Å². The van der Waals surface area contributed by atoms with Crippen LogP contribution < -0.4 is 10.5 Å². The van der Waals surface area contributed by atoms with Crippen molar-refractivity contribution in [2.45, 2.75) is 56.8 Å². The molecule has 0 saturated heterocycles. The molecule has 0 spiro atoms. The van der Waals surface area contributed by atoms with E-state index in [1.54, 1.807) is 42.2 Å². The molecular weight excluding hydrogens is 433 g/mol. The maximum atomic E-state index is 15.4. The van der Waals surface area contributed by atoms with Gasteiger partial charge in [0.15, 0.2) is 0 Å². The lowest BCUT2D eigenvalue weighted by molar-refractivity contribution is -0.00460. The molecule has 3 atom stereocenters. The van der Waals surface area contributed by atoms with E-state index in [1.165, 1.54) is 0 Å².